The average Bonchev–Trinajstić information content (AvgIpc) is 2.88. The van der Waals surface area contributed by atoms with E-state index in [1.54, 1.807) is 0 Å². The first-order valence-corrected chi connectivity index (χ1v) is 5.67. The van der Waals surface area contributed by atoms with Gasteiger partial charge in [-0.15, -0.1) is 0 Å². The van der Waals surface area contributed by atoms with Gasteiger partial charge in [-0.2, -0.15) is 5.26 Å². The topological polar surface area (TPSA) is 27.0 Å². The molecule has 12 heavy (non-hydrogen) atoms. The minimum absolute atomic E-state index is 0.679. The quantitative estimate of drug-likeness (QED) is 0.655. The van der Waals surface area contributed by atoms with E-state index in [-0.39, 0.29) is 0 Å². The maximum atomic E-state index is 8.46. The van der Waals surface area contributed by atoms with Crippen molar-refractivity contribution in [3.63, 3.8) is 0 Å². The summed E-state index contributed by atoms with van der Waals surface area (Å²) in [5.74, 6) is 0. The first-order valence-electron chi connectivity index (χ1n) is 4.55. The molecule has 0 radical (unpaired) electrons. The predicted octanol–water partition coefficient (Wildman–Crippen LogP) is 2.15. The summed E-state index contributed by atoms with van der Waals surface area (Å²) in [5.41, 5.74) is 0. The first-order chi connectivity index (χ1) is 5.88. The van der Waals surface area contributed by atoms with Crippen LogP contribution in [0.1, 0.15) is 25.7 Å². The van der Waals surface area contributed by atoms with Crippen LogP contribution < -0.4 is 0 Å². The summed E-state index contributed by atoms with van der Waals surface area (Å²) in [4.78, 5) is 2.45. The van der Waals surface area contributed by atoms with Gasteiger partial charge in [0.25, 0.3) is 0 Å². The molecule has 1 rings (SSSR count). The third kappa shape index (κ3) is 3.55. The van der Waals surface area contributed by atoms with Gasteiger partial charge in [0.15, 0.2) is 0 Å². The number of rotatable bonds is 6. The SMILES string of the molecule is N#CCCN(CCCBr)C1CC1. The van der Waals surface area contributed by atoms with Gasteiger partial charge in [-0.1, -0.05) is 15.9 Å². The molecule has 0 unspecified atom stereocenters. The van der Waals surface area contributed by atoms with E-state index < -0.39 is 0 Å². The van der Waals surface area contributed by atoms with Crippen molar-refractivity contribution < 1.29 is 0 Å². The van der Waals surface area contributed by atoms with Gasteiger partial charge in [-0.05, 0) is 25.8 Å². The molecule has 1 aliphatic rings. The lowest BCUT2D eigenvalue weighted by Crippen LogP contribution is -2.28. The molecule has 0 atom stereocenters. The van der Waals surface area contributed by atoms with E-state index in [1.165, 1.54) is 19.3 Å². The van der Waals surface area contributed by atoms with Gasteiger partial charge in [-0.25, -0.2) is 0 Å². The summed E-state index contributed by atoms with van der Waals surface area (Å²) < 4.78 is 0. The lowest BCUT2D eigenvalue weighted by atomic mass is 10.3. The van der Waals surface area contributed by atoms with Crippen LogP contribution in [0.15, 0.2) is 0 Å². The summed E-state index contributed by atoms with van der Waals surface area (Å²) >= 11 is 3.42. The monoisotopic (exact) mass is 230 g/mol. The van der Waals surface area contributed by atoms with Gasteiger partial charge < -0.3 is 0 Å². The molecule has 0 aromatic heterocycles. The van der Waals surface area contributed by atoms with Gasteiger partial charge in [-0.3, -0.25) is 4.90 Å². The summed E-state index contributed by atoms with van der Waals surface area (Å²) in [6.45, 7) is 2.12. The van der Waals surface area contributed by atoms with Crippen LogP contribution in [-0.4, -0.2) is 29.4 Å². The Morgan fingerprint density at radius 2 is 2.17 bits per heavy atom. The predicted molar refractivity (Wildman–Crippen MR) is 53.2 cm³/mol. The van der Waals surface area contributed by atoms with E-state index >= 15 is 0 Å². The summed E-state index contributed by atoms with van der Waals surface area (Å²) in [7, 11) is 0. The Bertz CT molecular complexity index is 160. The third-order valence-corrected chi connectivity index (χ3v) is 2.71. The van der Waals surface area contributed by atoms with Gasteiger partial charge in [0.05, 0.1) is 6.07 Å². The third-order valence-electron chi connectivity index (χ3n) is 2.15. The standard InChI is InChI=1S/C9H15BrN2/c10-5-1-7-12(8-2-6-11)9-3-4-9/h9H,1-5,7-8H2. The highest BCUT2D eigenvalue weighted by Gasteiger charge is 2.27. The Morgan fingerprint density at radius 3 is 2.67 bits per heavy atom. The Hall–Kier alpha value is -0.0700. The highest BCUT2D eigenvalue weighted by Crippen LogP contribution is 2.26. The Kier molecular flexibility index (Phi) is 4.63. The maximum Gasteiger partial charge on any atom is 0.0635 e. The van der Waals surface area contributed by atoms with E-state index in [4.69, 9.17) is 5.26 Å². The van der Waals surface area contributed by atoms with Crippen molar-refractivity contribution in [2.24, 2.45) is 0 Å². The van der Waals surface area contributed by atoms with Gasteiger partial charge >= 0.3 is 0 Å². The van der Waals surface area contributed by atoms with Crippen LogP contribution in [0, 0.1) is 11.3 Å². The Morgan fingerprint density at radius 1 is 1.42 bits per heavy atom. The molecule has 68 valence electrons. The highest BCUT2D eigenvalue weighted by atomic mass is 79.9. The van der Waals surface area contributed by atoms with Crippen LogP contribution in [0.3, 0.4) is 0 Å². The molecule has 1 aliphatic carbocycles. The van der Waals surface area contributed by atoms with Crippen LogP contribution >= 0.6 is 15.9 Å². The second-order valence-electron chi connectivity index (χ2n) is 3.22. The molecule has 0 spiro atoms. The van der Waals surface area contributed by atoms with Crippen molar-refractivity contribution in [2.45, 2.75) is 31.7 Å². The largest absolute Gasteiger partial charge is 0.299 e. The zero-order valence-electron chi connectivity index (χ0n) is 7.30. The molecule has 0 aromatic carbocycles. The lowest BCUT2D eigenvalue weighted by Gasteiger charge is -2.19. The van der Waals surface area contributed by atoms with Crippen LogP contribution in [0.25, 0.3) is 0 Å². The van der Waals surface area contributed by atoms with Crippen molar-refractivity contribution in [2.75, 3.05) is 18.4 Å². The normalized spacial score (nSPS) is 16.4. The highest BCUT2D eigenvalue weighted by molar-refractivity contribution is 9.09. The zero-order valence-corrected chi connectivity index (χ0v) is 8.89. The molecule has 0 aromatic rings. The Labute approximate surface area is 82.7 Å². The van der Waals surface area contributed by atoms with Gasteiger partial charge in [0, 0.05) is 24.3 Å². The van der Waals surface area contributed by atoms with Crippen molar-refractivity contribution in [1.82, 2.24) is 4.90 Å². The molecular weight excluding hydrogens is 216 g/mol. The number of alkyl halides is 1. The molecular formula is C9H15BrN2. The minimum Gasteiger partial charge on any atom is -0.299 e. The number of nitrogens with zero attached hydrogens (tertiary/aromatic N) is 2. The van der Waals surface area contributed by atoms with E-state index in [0.29, 0.717) is 6.42 Å². The lowest BCUT2D eigenvalue weighted by molar-refractivity contribution is 0.271. The van der Waals surface area contributed by atoms with Crippen LogP contribution in [0.2, 0.25) is 0 Å². The second kappa shape index (κ2) is 5.55. The average molecular weight is 231 g/mol. The van der Waals surface area contributed by atoms with Crippen molar-refractivity contribution in [1.29, 1.82) is 5.26 Å². The zero-order chi connectivity index (χ0) is 8.81. The second-order valence-corrected chi connectivity index (χ2v) is 4.01. The van der Waals surface area contributed by atoms with Gasteiger partial charge in [0.2, 0.25) is 0 Å². The molecule has 0 saturated heterocycles. The molecule has 3 heteroatoms. The Balaban J connectivity index is 2.14. The van der Waals surface area contributed by atoms with Crippen molar-refractivity contribution in [3.05, 3.63) is 0 Å². The molecule has 0 heterocycles. The molecule has 1 fully saturated rings. The van der Waals surface area contributed by atoms with E-state index in [2.05, 4.69) is 26.9 Å². The van der Waals surface area contributed by atoms with Crippen molar-refractivity contribution >= 4 is 15.9 Å². The molecule has 0 bridgehead atoms. The number of hydrogen-bond acceptors (Lipinski definition) is 2. The number of hydrogen-bond donors (Lipinski definition) is 0. The van der Waals surface area contributed by atoms with Crippen LogP contribution in [0.5, 0.6) is 0 Å². The van der Waals surface area contributed by atoms with Crippen LogP contribution in [-0.2, 0) is 0 Å². The fourth-order valence-electron chi connectivity index (χ4n) is 1.37. The molecule has 2 nitrogen and oxygen atoms in total. The van der Waals surface area contributed by atoms with E-state index in [9.17, 15) is 0 Å². The van der Waals surface area contributed by atoms with Gasteiger partial charge in [0.1, 0.15) is 0 Å². The molecule has 1 saturated carbocycles. The first kappa shape index (κ1) is 10.0. The smallest absolute Gasteiger partial charge is 0.0635 e. The molecule has 0 N–H and O–H groups in total. The summed E-state index contributed by atoms with van der Waals surface area (Å²) in [6, 6.07) is 3.01. The van der Waals surface area contributed by atoms with E-state index in [0.717, 1.165) is 24.5 Å². The van der Waals surface area contributed by atoms with Crippen LogP contribution in [0.4, 0.5) is 0 Å². The molecule has 0 aliphatic heterocycles. The molecule has 0 amide bonds. The van der Waals surface area contributed by atoms with E-state index in [1.807, 2.05) is 0 Å². The number of halogens is 1. The summed E-state index contributed by atoms with van der Waals surface area (Å²) in [6.07, 6.45) is 4.56. The minimum atomic E-state index is 0.679. The summed E-state index contributed by atoms with van der Waals surface area (Å²) in [5, 5.41) is 9.53. The fourth-order valence-corrected chi connectivity index (χ4v) is 1.62. The maximum absolute atomic E-state index is 8.46. The fraction of sp³-hybridized carbons (Fsp3) is 0.889. The number of nitriles is 1. The van der Waals surface area contributed by atoms with Crippen molar-refractivity contribution in [3.8, 4) is 6.07 Å².